The third-order valence-electron chi connectivity index (χ3n) is 2.08. The van der Waals surface area contributed by atoms with Gasteiger partial charge in [0.05, 0.1) is 0 Å². The Morgan fingerprint density at radius 3 is 2.93 bits per heavy atom. The van der Waals surface area contributed by atoms with E-state index in [2.05, 4.69) is 4.98 Å². The molecule has 0 spiro atoms. The van der Waals surface area contributed by atoms with Crippen molar-refractivity contribution in [2.75, 3.05) is 6.54 Å². The lowest BCUT2D eigenvalue weighted by molar-refractivity contribution is -0.119. The van der Waals surface area contributed by atoms with Gasteiger partial charge >= 0.3 is 0 Å². The summed E-state index contributed by atoms with van der Waals surface area (Å²) in [4.78, 5) is 15.6. The maximum absolute atomic E-state index is 11.5. The molecule has 0 saturated heterocycles. The van der Waals surface area contributed by atoms with Crippen LogP contribution < -0.4 is 5.73 Å². The quantitative estimate of drug-likeness (QED) is 0.762. The summed E-state index contributed by atoms with van der Waals surface area (Å²) in [6.45, 7) is 2.55. The predicted octanol–water partition coefficient (Wildman–Crippen LogP) is 1.18. The Morgan fingerprint density at radius 1 is 1.57 bits per heavy atom. The number of aromatic nitrogens is 1. The minimum absolute atomic E-state index is 0.210. The van der Waals surface area contributed by atoms with E-state index in [0.717, 1.165) is 5.69 Å². The standard InChI is InChI=1S/C11H16N2O/c1-9(8-12)6-11(14)7-10-4-2-3-5-13-10/h2-5,9H,6-8,12H2,1H3. The van der Waals surface area contributed by atoms with Gasteiger partial charge in [0.25, 0.3) is 0 Å². The molecule has 1 unspecified atom stereocenters. The van der Waals surface area contributed by atoms with Crippen molar-refractivity contribution in [1.82, 2.24) is 4.98 Å². The number of pyridine rings is 1. The Hall–Kier alpha value is -1.22. The summed E-state index contributed by atoms with van der Waals surface area (Å²) < 4.78 is 0. The molecule has 76 valence electrons. The van der Waals surface area contributed by atoms with Crippen molar-refractivity contribution in [3.05, 3.63) is 30.1 Å². The van der Waals surface area contributed by atoms with E-state index in [1.54, 1.807) is 6.20 Å². The van der Waals surface area contributed by atoms with Gasteiger partial charge in [0.15, 0.2) is 0 Å². The first kappa shape index (κ1) is 10.9. The highest BCUT2D eigenvalue weighted by molar-refractivity contribution is 5.80. The van der Waals surface area contributed by atoms with Crippen LogP contribution in [0.1, 0.15) is 19.0 Å². The fourth-order valence-electron chi connectivity index (χ4n) is 1.25. The lowest BCUT2D eigenvalue weighted by atomic mass is 10.0. The molecule has 0 bridgehead atoms. The molecule has 14 heavy (non-hydrogen) atoms. The van der Waals surface area contributed by atoms with E-state index >= 15 is 0 Å². The maximum Gasteiger partial charge on any atom is 0.139 e. The van der Waals surface area contributed by atoms with Gasteiger partial charge in [-0.05, 0) is 24.6 Å². The highest BCUT2D eigenvalue weighted by Crippen LogP contribution is 2.04. The van der Waals surface area contributed by atoms with Gasteiger partial charge in [-0.15, -0.1) is 0 Å². The average molecular weight is 192 g/mol. The molecule has 0 aliphatic carbocycles. The molecule has 0 radical (unpaired) electrons. The second kappa shape index (κ2) is 5.50. The first-order valence-electron chi connectivity index (χ1n) is 4.84. The minimum atomic E-state index is 0.210. The van der Waals surface area contributed by atoms with Crippen LogP contribution in [-0.4, -0.2) is 17.3 Å². The third kappa shape index (κ3) is 3.66. The number of hydrogen-bond acceptors (Lipinski definition) is 3. The smallest absolute Gasteiger partial charge is 0.139 e. The van der Waals surface area contributed by atoms with E-state index in [1.165, 1.54) is 0 Å². The number of nitrogens with two attached hydrogens (primary N) is 1. The van der Waals surface area contributed by atoms with Crippen LogP contribution in [0.4, 0.5) is 0 Å². The fourth-order valence-corrected chi connectivity index (χ4v) is 1.25. The summed E-state index contributed by atoms with van der Waals surface area (Å²) in [5.41, 5.74) is 6.28. The molecule has 1 aromatic heterocycles. The number of rotatable bonds is 5. The van der Waals surface area contributed by atoms with Gasteiger partial charge in [0.1, 0.15) is 5.78 Å². The fraction of sp³-hybridized carbons (Fsp3) is 0.455. The van der Waals surface area contributed by atoms with E-state index in [1.807, 2.05) is 25.1 Å². The minimum Gasteiger partial charge on any atom is -0.330 e. The van der Waals surface area contributed by atoms with E-state index in [-0.39, 0.29) is 11.7 Å². The van der Waals surface area contributed by atoms with Crippen LogP contribution in [0.3, 0.4) is 0 Å². The molecule has 0 aliphatic rings. The molecule has 3 nitrogen and oxygen atoms in total. The average Bonchev–Trinajstić information content (AvgIpc) is 2.19. The van der Waals surface area contributed by atoms with E-state index < -0.39 is 0 Å². The van der Waals surface area contributed by atoms with E-state index in [9.17, 15) is 4.79 Å². The van der Waals surface area contributed by atoms with Crippen LogP contribution in [-0.2, 0) is 11.2 Å². The zero-order valence-electron chi connectivity index (χ0n) is 8.44. The van der Waals surface area contributed by atoms with Gasteiger partial charge in [0, 0.05) is 24.7 Å². The lowest BCUT2D eigenvalue weighted by Crippen LogP contribution is -2.16. The first-order chi connectivity index (χ1) is 6.72. The van der Waals surface area contributed by atoms with Crippen LogP contribution in [0, 0.1) is 5.92 Å². The van der Waals surface area contributed by atoms with Gasteiger partial charge in [-0.25, -0.2) is 0 Å². The van der Waals surface area contributed by atoms with Crippen LogP contribution in [0.2, 0.25) is 0 Å². The molecule has 0 saturated carbocycles. The molecular weight excluding hydrogens is 176 g/mol. The normalized spacial score (nSPS) is 12.4. The second-order valence-electron chi connectivity index (χ2n) is 3.58. The molecule has 0 aromatic carbocycles. The van der Waals surface area contributed by atoms with Gasteiger partial charge < -0.3 is 5.73 Å². The molecule has 1 aromatic rings. The van der Waals surface area contributed by atoms with Gasteiger partial charge in [-0.2, -0.15) is 0 Å². The highest BCUT2D eigenvalue weighted by Gasteiger charge is 2.08. The molecule has 3 heteroatoms. The molecule has 1 rings (SSSR count). The van der Waals surface area contributed by atoms with Gasteiger partial charge in [0.2, 0.25) is 0 Å². The number of carbonyl (C=O) groups is 1. The first-order valence-corrected chi connectivity index (χ1v) is 4.84. The molecule has 2 N–H and O–H groups in total. The molecule has 0 fully saturated rings. The number of Topliss-reactive ketones (excluding diaryl/α,β-unsaturated/α-hetero) is 1. The van der Waals surface area contributed by atoms with Crippen molar-refractivity contribution in [3.8, 4) is 0 Å². The second-order valence-corrected chi connectivity index (χ2v) is 3.58. The summed E-state index contributed by atoms with van der Waals surface area (Å²) in [6.07, 6.45) is 2.67. The zero-order chi connectivity index (χ0) is 10.4. The van der Waals surface area contributed by atoms with Crippen molar-refractivity contribution in [1.29, 1.82) is 0 Å². The van der Waals surface area contributed by atoms with Crippen molar-refractivity contribution in [2.45, 2.75) is 19.8 Å². The Balaban J connectivity index is 2.42. The topological polar surface area (TPSA) is 56.0 Å². The summed E-state index contributed by atoms with van der Waals surface area (Å²) in [5, 5.41) is 0. The van der Waals surface area contributed by atoms with Crippen LogP contribution in [0.25, 0.3) is 0 Å². The van der Waals surface area contributed by atoms with Gasteiger partial charge in [-0.1, -0.05) is 13.0 Å². The van der Waals surface area contributed by atoms with Gasteiger partial charge in [-0.3, -0.25) is 9.78 Å². The predicted molar refractivity (Wildman–Crippen MR) is 55.8 cm³/mol. The lowest BCUT2D eigenvalue weighted by Gasteiger charge is -2.06. The van der Waals surface area contributed by atoms with Crippen LogP contribution >= 0.6 is 0 Å². The summed E-state index contributed by atoms with van der Waals surface area (Å²) in [7, 11) is 0. The maximum atomic E-state index is 11.5. The number of hydrogen-bond donors (Lipinski definition) is 1. The highest BCUT2D eigenvalue weighted by atomic mass is 16.1. The zero-order valence-corrected chi connectivity index (χ0v) is 8.44. The monoisotopic (exact) mass is 192 g/mol. The summed E-state index contributed by atoms with van der Waals surface area (Å²) in [6, 6.07) is 5.60. The molecule has 1 heterocycles. The Kier molecular flexibility index (Phi) is 4.26. The Labute approximate surface area is 84.3 Å². The molecule has 0 amide bonds. The van der Waals surface area contributed by atoms with Crippen molar-refractivity contribution in [3.63, 3.8) is 0 Å². The molecule has 1 atom stereocenters. The Bertz CT molecular complexity index is 285. The van der Waals surface area contributed by atoms with Crippen molar-refractivity contribution < 1.29 is 4.79 Å². The van der Waals surface area contributed by atoms with E-state index in [4.69, 9.17) is 5.73 Å². The van der Waals surface area contributed by atoms with Crippen LogP contribution in [0.5, 0.6) is 0 Å². The number of carbonyl (C=O) groups excluding carboxylic acids is 1. The summed E-state index contributed by atoms with van der Waals surface area (Å²) >= 11 is 0. The number of nitrogens with zero attached hydrogens (tertiary/aromatic N) is 1. The Morgan fingerprint density at radius 2 is 2.36 bits per heavy atom. The number of ketones is 1. The summed E-state index contributed by atoms with van der Waals surface area (Å²) in [5.74, 6) is 0.480. The van der Waals surface area contributed by atoms with Crippen molar-refractivity contribution >= 4 is 5.78 Å². The SMILES string of the molecule is CC(CN)CC(=O)Cc1ccccn1. The molecule has 0 aliphatic heterocycles. The third-order valence-corrected chi connectivity index (χ3v) is 2.08. The molecular formula is C11H16N2O. The largest absolute Gasteiger partial charge is 0.330 e. The van der Waals surface area contributed by atoms with Crippen LogP contribution in [0.15, 0.2) is 24.4 Å². The van der Waals surface area contributed by atoms with E-state index in [0.29, 0.717) is 19.4 Å². The van der Waals surface area contributed by atoms with Crippen molar-refractivity contribution in [2.24, 2.45) is 11.7 Å².